The second-order valence-corrected chi connectivity index (χ2v) is 4.93. The van der Waals surface area contributed by atoms with Gasteiger partial charge in [0.15, 0.2) is 0 Å². The van der Waals surface area contributed by atoms with Gasteiger partial charge in [-0.3, -0.25) is 0 Å². The first-order valence-electron chi connectivity index (χ1n) is 7.22. The van der Waals surface area contributed by atoms with E-state index in [0.29, 0.717) is 12.4 Å². The Labute approximate surface area is 111 Å². The molecule has 0 radical (unpaired) electrons. The molecule has 2 heteroatoms. The summed E-state index contributed by atoms with van der Waals surface area (Å²) in [6.45, 7) is 0.334. The number of unbranched alkanes of at least 4 members (excludes halogenated alkanes) is 7. The average Bonchev–Trinajstić information content (AvgIpc) is 2.39. The van der Waals surface area contributed by atoms with Gasteiger partial charge in [0.05, 0.1) is 0 Å². The van der Waals surface area contributed by atoms with Gasteiger partial charge in [0, 0.05) is 6.61 Å². The molecule has 0 aliphatic carbocycles. The highest BCUT2D eigenvalue weighted by Gasteiger charge is 1.99. The summed E-state index contributed by atoms with van der Waals surface area (Å²) < 4.78 is 0. The fourth-order valence-corrected chi connectivity index (χ4v) is 2.21. The van der Waals surface area contributed by atoms with E-state index in [1.54, 1.807) is 6.07 Å². The SMILES string of the molecule is OCCCCCCCCCCc1ccccc1O. The Kier molecular flexibility index (Phi) is 8.32. The van der Waals surface area contributed by atoms with E-state index in [1.165, 1.54) is 32.1 Å². The molecule has 0 amide bonds. The van der Waals surface area contributed by atoms with Gasteiger partial charge in [-0.15, -0.1) is 0 Å². The lowest BCUT2D eigenvalue weighted by Gasteiger charge is -2.04. The Morgan fingerprint density at radius 3 is 1.89 bits per heavy atom. The molecular formula is C16H26O2. The number of para-hydroxylation sites is 1. The van der Waals surface area contributed by atoms with Crippen LogP contribution in [0.2, 0.25) is 0 Å². The maximum absolute atomic E-state index is 9.61. The van der Waals surface area contributed by atoms with Crippen molar-refractivity contribution in [1.29, 1.82) is 0 Å². The molecule has 0 atom stereocenters. The van der Waals surface area contributed by atoms with Crippen molar-refractivity contribution in [2.24, 2.45) is 0 Å². The van der Waals surface area contributed by atoms with Crippen LogP contribution in [0.15, 0.2) is 24.3 Å². The van der Waals surface area contributed by atoms with Gasteiger partial charge in [-0.25, -0.2) is 0 Å². The minimum atomic E-state index is 0.334. The van der Waals surface area contributed by atoms with Crippen LogP contribution in [-0.2, 0) is 6.42 Å². The van der Waals surface area contributed by atoms with Gasteiger partial charge in [-0.05, 0) is 30.9 Å². The van der Waals surface area contributed by atoms with Crippen LogP contribution in [0.3, 0.4) is 0 Å². The summed E-state index contributed by atoms with van der Waals surface area (Å²) in [4.78, 5) is 0. The van der Waals surface area contributed by atoms with Crippen molar-refractivity contribution in [3.8, 4) is 5.75 Å². The number of aryl methyl sites for hydroxylation is 1. The van der Waals surface area contributed by atoms with Gasteiger partial charge in [-0.1, -0.05) is 56.7 Å². The minimum Gasteiger partial charge on any atom is -0.508 e. The standard InChI is InChI=1S/C16H26O2/c17-14-10-6-4-2-1-3-5-7-11-15-12-8-9-13-16(15)18/h8-9,12-13,17-18H,1-7,10-11,14H2. The van der Waals surface area contributed by atoms with E-state index in [0.717, 1.165) is 31.2 Å². The van der Waals surface area contributed by atoms with Crippen molar-refractivity contribution in [2.75, 3.05) is 6.61 Å². The summed E-state index contributed by atoms with van der Waals surface area (Å²) in [6.07, 6.45) is 10.6. The van der Waals surface area contributed by atoms with Crippen molar-refractivity contribution in [3.63, 3.8) is 0 Å². The quantitative estimate of drug-likeness (QED) is 0.615. The van der Waals surface area contributed by atoms with E-state index in [4.69, 9.17) is 5.11 Å². The van der Waals surface area contributed by atoms with Gasteiger partial charge in [0.25, 0.3) is 0 Å². The molecular weight excluding hydrogens is 224 g/mol. The number of benzene rings is 1. The molecule has 0 bridgehead atoms. The molecule has 0 saturated heterocycles. The molecule has 0 aliphatic heterocycles. The smallest absolute Gasteiger partial charge is 0.118 e. The summed E-state index contributed by atoms with van der Waals surface area (Å²) in [5.74, 6) is 0.432. The second-order valence-electron chi connectivity index (χ2n) is 4.93. The number of hydrogen-bond acceptors (Lipinski definition) is 2. The fourth-order valence-electron chi connectivity index (χ4n) is 2.21. The zero-order chi connectivity index (χ0) is 13.1. The molecule has 2 N–H and O–H groups in total. The first-order valence-corrected chi connectivity index (χ1v) is 7.22. The predicted molar refractivity (Wildman–Crippen MR) is 75.8 cm³/mol. The Morgan fingerprint density at radius 1 is 0.722 bits per heavy atom. The molecule has 0 saturated carbocycles. The minimum absolute atomic E-state index is 0.334. The van der Waals surface area contributed by atoms with Crippen molar-refractivity contribution in [1.82, 2.24) is 0 Å². The molecule has 18 heavy (non-hydrogen) atoms. The molecule has 1 rings (SSSR count). The number of rotatable bonds is 10. The highest BCUT2D eigenvalue weighted by Crippen LogP contribution is 2.18. The van der Waals surface area contributed by atoms with Gasteiger partial charge in [0.1, 0.15) is 5.75 Å². The highest BCUT2D eigenvalue weighted by atomic mass is 16.3. The Hall–Kier alpha value is -1.02. The second kappa shape index (κ2) is 9.95. The molecule has 1 aromatic rings. The number of aromatic hydroxyl groups is 1. The normalized spacial score (nSPS) is 10.7. The van der Waals surface area contributed by atoms with Crippen LogP contribution in [0.25, 0.3) is 0 Å². The third-order valence-corrected chi connectivity index (χ3v) is 3.35. The zero-order valence-electron chi connectivity index (χ0n) is 11.3. The van der Waals surface area contributed by atoms with Crippen LogP contribution in [0.5, 0.6) is 5.75 Å². The maximum atomic E-state index is 9.61. The molecule has 0 aromatic heterocycles. The number of aliphatic hydroxyl groups is 1. The Bertz CT molecular complexity index is 310. The topological polar surface area (TPSA) is 40.5 Å². The van der Waals surface area contributed by atoms with Crippen LogP contribution in [-0.4, -0.2) is 16.8 Å². The molecule has 0 unspecified atom stereocenters. The van der Waals surface area contributed by atoms with E-state index in [2.05, 4.69) is 0 Å². The molecule has 0 heterocycles. The average molecular weight is 250 g/mol. The maximum Gasteiger partial charge on any atom is 0.118 e. The summed E-state index contributed by atoms with van der Waals surface area (Å²) in [7, 11) is 0. The van der Waals surface area contributed by atoms with E-state index in [9.17, 15) is 5.11 Å². The summed E-state index contributed by atoms with van der Waals surface area (Å²) in [5, 5.41) is 18.3. The van der Waals surface area contributed by atoms with E-state index in [1.807, 2.05) is 18.2 Å². The lowest BCUT2D eigenvalue weighted by atomic mass is 10.0. The lowest BCUT2D eigenvalue weighted by molar-refractivity contribution is 0.282. The van der Waals surface area contributed by atoms with Crippen molar-refractivity contribution in [2.45, 2.75) is 57.8 Å². The van der Waals surface area contributed by atoms with Gasteiger partial charge in [0.2, 0.25) is 0 Å². The van der Waals surface area contributed by atoms with Gasteiger partial charge < -0.3 is 10.2 Å². The molecule has 2 nitrogen and oxygen atoms in total. The van der Waals surface area contributed by atoms with E-state index < -0.39 is 0 Å². The number of hydrogen-bond donors (Lipinski definition) is 2. The Balaban J connectivity index is 1.94. The van der Waals surface area contributed by atoms with Crippen molar-refractivity contribution < 1.29 is 10.2 Å². The van der Waals surface area contributed by atoms with E-state index >= 15 is 0 Å². The molecule has 0 fully saturated rings. The van der Waals surface area contributed by atoms with E-state index in [-0.39, 0.29) is 0 Å². The van der Waals surface area contributed by atoms with Crippen molar-refractivity contribution >= 4 is 0 Å². The fraction of sp³-hybridized carbons (Fsp3) is 0.625. The summed E-state index contributed by atoms with van der Waals surface area (Å²) >= 11 is 0. The van der Waals surface area contributed by atoms with Gasteiger partial charge >= 0.3 is 0 Å². The molecule has 0 spiro atoms. The predicted octanol–water partition coefficient (Wildman–Crippen LogP) is 4.05. The lowest BCUT2D eigenvalue weighted by Crippen LogP contribution is -1.87. The van der Waals surface area contributed by atoms with Crippen LogP contribution < -0.4 is 0 Å². The third kappa shape index (κ3) is 6.65. The van der Waals surface area contributed by atoms with Crippen LogP contribution in [0.4, 0.5) is 0 Å². The van der Waals surface area contributed by atoms with Crippen LogP contribution in [0, 0.1) is 0 Å². The third-order valence-electron chi connectivity index (χ3n) is 3.35. The highest BCUT2D eigenvalue weighted by molar-refractivity contribution is 5.31. The van der Waals surface area contributed by atoms with Crippen LogP contribution >= 0.6 is 0 Å². The molecule has 1 aromatic carbocycles. The van der Waals surface area contributed by atoms with Crippen LogP contribution in [0.1, 0.15) is 56.9 Å². The summed E-state index contributed by atoms with van der Waals surface area (Å²) in [5.41, 5.74) is 1.07. The largest absolute Gasteiger partial charge is 0.508 e. The first-order chi connectivity index (χ1) is 8.84. The molecule has 0 aliphatic rings. The monoisotopic (exact) mass is 250 g/mol. The zero-order valence-corrected chi connectivity index (χ0v) is 11.3. The van der Waals surface area contributed by atoms with Crippen molar-refractivity contribution in [3.05, 3.63) is 29.8 Å². The first kappa shape index (κ1) is 15.0. The Morgan fingerprint density at radius 2 is 1.28 bits per heavy atom. The van der Waals surface area contributed by atoms with Gasteiger partial charge in [-0.2, -0.15) is 0 Å². The number of phenols is 1. The summed E-state index contributed by atoms with van der Waals surface area (Å²) in [6, 6.07) is 7.61. The molecule has 102 valence electrons. The number of phenolic OH excluding ortho intramolecular Hbond substituents is 1. The number of aliphatic hydroxyl groups excluding tert-OH is 1.